The third-order valence-corrected chi connectivity index (χ3v) is 5.71. The summed E-state index contributed by atoms with van der Waals surface area (Å²) in [5.41, 5.74) is 0.994. The van der Waals surface area contributed by atoms with Crippen molar-refractivity contribution in [2.75, 3.05) is 18.1 Å². The molecular weight excluding hydrogens is 375 g/mol. The van der Waals surface area contributed by atoms with E-state index < -0.39 is 11.9 Å². The number of ketones is 1. The number of Topliss-reactive ketones (excluding diaryl/α,β-unsaturated/α-hetero) is 1. The highest BCUT2D eigenvalue weighted by Crippen LogP contribution is 2.34. The molecule has 0 radical (unpaired) electrons. The summed E-state index contributed by atoms with van der Waals surface area (Å²) >= 11 is 0. The fourth-order valence-electron chi connectivity index (χ4n) is 3.87. The van der Waals surface area contributed by atoms with Crippen LogP contribution in [-0.4, -0.2) is 35.9 Å². The second kappa shape index (κ2) is 7.13. The molecule has 7 heteroatoms. The van der Waals surface area contributed by atoms with Crippen molar-refractivity contribution < 1.29 is 23.5 Å². The smallest absolute Gasteiger partial charge is 0.268 e. The zero-order chi connectivity index (χ0) is 20.0. The molecule has 1 aromatic carbocycles. The van der Waals surface area contributed by atoms with E-state index in [1.54, 1.807) is 24.3 Å². The molecule has 150 valence electrons. The minimum atomic E-state index is -0.710. The normalized spacial score (nSPS) is 20.9. The molecule has 0 N–H and O–H groups in total. The summed E-state index contributed by atoms with van der Waals surface area (Å²) in [6.07, 6.45) is 4.55. The first-order valence-corrected chi connectivity index (χ1v) is 10.0. The van der Waals surface area contributed by atoms with Gasteiger partial charge in [-0.2, -0.15) is 0 Å². The molecular formula is C22H21FN2O4. The molecule has 5 rings (SSSR count). The van der Waals surface area contributed by atoms with Gasteiger partial charge in [0, 0.05) is 25.5 Å². The van der Waals surface area contributed by atoms with Crippen molar-refractivity contribution in [1.82, 2.24) is 4.98 Å². The summed E-state index contributed by atoms with van der Waals surface area (Å²) in [4.78, 5) is 30.4. The summed E-state index contributed by atoms with van der Waals surface area (Å²) in [5.74, 6) is 0.529. The monoisotopic (exact) mass is 396 g/mol. The predicted octanol–water partition coefficient (Wildman–Crippen LogP) is 3.32. The fraction of sp³-hybridized carbons (Fsp3) is 0.409. The molecule has 0 spiro atoms. The number of aryl methyl sites for hydroxylation is 1. The third-order valence-electron chi connectivity index (χ3n) is 5.71. The molecule has 29 heavy (non-hydrogen) atoms. The van der Waals surface area contributed by atoms with Crippen molar-refractivity contribution in [3.63, 3.8) is 0 Å². The minimum Gasteiger partial charge on any atom is -0.479 e. The van der Waals surface area contributed by atoms with Crippen molar-refractivity contribution in [3.05, 3.63) is 47.4 Å². The number of carbonyl (C=O) groups excluding carboxylic acids is 2. The molecule has 2 aromatic rings. The van der Waals surface area contributed by atoms with Gasteiger partial charge >= 0.3 is 0 Å². The number of ether oxygens (including phenoxy) is 2. The second-order valence-electron chi connectivity index (χ2n) is 7.83. The number of benzene rings is 1. The number of carbonyl (C=O) groups is 2. The Bertz CT molecular complexity index is 972. The Labute approximate surface area is 167 Å². The van der Waals surface area contributed by atoms with Gasteiger partial charge in [-0.15, -0.1) is 0 Å². The van der Waals surface area contributed by atoms with Crippen LogP contribution in [0.1, 0.15) is 41.6 Å². The highest BCUT2D eigenvalue weighted by Gasteiger charge is 2.37. The predicted molar refractivity (Wildman–Crippen MR) is 103 cm³/mol. The lowest BCUT2D eigenvalue weighted by Gasteiger charge is -2.19. The van der Waals surface area contributed by atoms with E-state index in [9.17, 15) is 14.0 Å². The van der Waals surface area contributed by atoms with Crippen molar-refractivity contribution >= 4 is 17.4 Å². The number of anilines is 1. The maximum Gasteiger partial charge on any atom is 0.268 e. The largest absolute Gasteiger partial charge is 0.479 e. The number of hydrogen-bond acceptors (Lipinski definition) is 5. The zero-order valence-electron chi connectivity index (χ0n) is 15.9. The highest BCUT2D eigenvalue weighted by atomic mass is 19.1. The molecule has 1 aromatic heterocycles. The number of rotatable bonds is 6. The van der Waals surface area contributed by atoms with Crippen molar-refractivity contribution in [2.45, 2.75) is 38.2 Å². The molecule has 2 fully saturated rings. The summed E-state index contributed by atoms with van der Waals surface area (Å²) in [7, 11) is 0. The fourth-order valence-corrected chi connectivity index (χ4v) is 3.87. The Morgan fingerprint density at radius 2 is 1.97 bits per heavy atom. The standard InChI is InChI=1S/C22H21FN2O4/c23-21-16(6-3-14-4-7-17(26)20(14)21)25-10-9-18(22(25)27)29-15-5-8-19(24-11-15)28-12-13-1-2-13/h3,5-6,8,11,13,18H,1-2,4,7,9-10,12H2/t18-/m1/s1. The highest BCUT2D eigenvalue weighted by molar-refractivity contribution is 6.04. The van der Waals surface area contributed by atoms with Crippen molar-refractivity contribution in [1.29, 1.82) is 0 Å². The minimum absolute atomic E-state index is 0.130. The first-order chi connectivity index (χ1) is 14.1. The molecule has 3 aliphatic rings. The Kier molecular flexibility index (Phi) is 4.45. The first-order valence-electron chi connectivity index (χ1n) is 10.0. The van der Waals surface area contributed by atoms with Crippen LogP contribution in [0.4, 0.5) is 10.1 Å². The van der Waals surface area contributed by atoms with Gasteiger partial charge < -0.3 is 14.4 Å². The number of nitrogens with zero attached hydrogens (tertiary/aromatic N) is 2. The number of pyridine rings is 1. The van der Waals surface area contributed by atoms with Crippen molar-refractivity contribution in [3.8, 4) is 11.6 Å². The average molecular weight is 396 g/mol. The number of halogens is 1. The van der Waals surface area contributed by atoms with E-state index in [0.29, 0.717) is 55.5 Å². The van der Waals surface area contributed by atoms with Crippen LogP contribution in [0.25, 0.3) is 0 Å². The molecule has 0 unspecified atom stereocenters. The molecule has 2 aliphatic carbocycles. The van der Waals surface area contributed by atoms with Gasteiger partial charge in [0.05, 0.1) is 24.1 Å². The van der Waals surface area contributed by atoms with Crippen LogP contribution in [0.2, 0.25) is 0 Å². The van der Waals surface area contributed by atoms with E-state index >= 15 is 0 Å². The summed E-state index contributed by atoms with van der Waals surface area (Å²) in [5, 5.41) is 0. The molecule has 1 saturated heterocycles. The van der Waals surface area contributed by atoms with E-state index in [0.717, 1.165) is 0 Å². The van der Waals surface area contributed by atoms with Gasteiger partial charge in [0.25, 0.3) is 5.91 Å². The van der Waals surface area contributed by atoms with Gasteiger partial charge in [-0.25, -0.2) is 9.37 Å². The van der Waals surface area contributed by atoms with Crippen LogP contribution < -0.4 is 14.4 Å². The number of amides is 1. The maximum atomic E-state index is 14.9. The van der Waals surface area contributed by atoms with Crippen LogP contribution in [-0.2, 0) is 11.2 Å². The van der Waals surface area contributed by atoms with Gasteiger partial charge in [-0.3, -0.25) is 9.59 Å². The summed E-state index contributed by atoms with van der Waals surface area (Å²) in [6, 6.07) is 6.77. The zero-order valence-corrected chi connectivity index (χ0v) is 15.9. The van der Waals surface area contributed by atoms with E-state index in [4.69, 9.17) is 9.47 Å². The topological polar surface area (TPSA) is 68.7 Å². The van der Waals surface area contributed by atoms with Gasteiger partial charge in [-0.1, -0.05) is 6.07 Å². The van der Waals surface area contributed by atoms with Crippen LogP contribution in [0.3, 0.4) is 0 Å². The van der Waals surface area contributed by atoms with Crippen LogP contribution >= 0.6 is 0 Å². The van der Waals surface area contributed by atoms with E-state index in [2.05, 4.69) is 4.98 Å². The number of aromatic nitrogens is 1. The van der Waals surface area contributed by atoms with Crippen LogP contribution in [0, 0.1) is 11.7 Å². The summed E-state index contributed by atoms with van der Waals surface area (Å²) in [6.45, 7) is 1.02. The van der Waals surface area contributed by atoms with Crippen molar-refractivity contribution in [2.24, 2.45) is 5.92 Å². The van der Waals surface area contributed by atoms with Crippen LogP contribution in [0.5, 0.6) is 11.6 Å². The SMILES string of the molecule is O=C1CCc2ccc(N3CC[C@@H](Oc4ccc(OCC5CC5)nc4)C3=O)c(F)c21. The molecule has 1 atom stereocenters. The molecule has 6 nitrogen and oxygen atoms in total. The second-order valence-corrected chi connectivity index (χ2v) is 7.83. The van der Waals surface area contributed by atoms with E-state index in [-0.39, 0.29) is 22.9 Å². The van der Waals surface area contributed by atoms with Gasteiger partial charge in [-0.05, 0) is 42.9 Å². The Morgan fingerprint density at radius 1 is 1.10 bits per heavy atom. The summed E-state index contributed by atoms with van der Waals surface area (Å²) < 4.78 is 26.3. The maximum absolute atomic E-state index is 14.9. The van der Waals surface area contributed by atoms with Gasteiger partial charge in [0.15, 0.2) is 17.7 Å². The Balaban J connectivity index is 1.27. The van der Waals surface area contributed by atoms with E-state index in [1.807, 2.05) is 0 Å². The third kappa shape index (κ3) is 3.45. The molecule has 0 bridgehead atoms. The van der Waals surface area contributed by atoms with Gasteiger partial charge in [0.2, 0.25) is 5.88 Å². The first kappa shape index (κ1) is 18.1. The molecule has 1 saturated carbocycles. The number of fused-ring (bicyclic) bond motifs is 1. The molecule has 1 aliphatic heterocycles. The quantitative estimate of drug-likeness (QED) is 0.749. The number of hydrogen-bond donors (Lipinski definition) is 0. The molecule has 2 heterocycles. The van der Waals surface area contributed by atoms with Crippen LogP contribution in [0.15, 0.2) is 30.5 Å². The lowest BCUT2D eigenvalue weighted by Crippen LogP contribution is -2.33. The average Bonchev–Trinajstić information content (AvgIpc) is 3.39. The lowest BCUT2D eigenvalue weighted by atomic mass is 10.1. The molecule has 1 amide bonds. The van der Waals surface area contributed by atoms with Gasteiger partial charge in [0.1, 0.15) is 5.75 Å². The Hall–Kier alpha value is -2.96. The van der Waals surface area contributed by atoms with E-state index in [1.165, 1.54) is 23.9 Å². The Morgan fingerprint density at radius 3 is 2.72 bits per heavy atom. The lowest BCUT2D eigenvalue weighted by molar-refractivity contribution is -0.122.